The van der Waals surface area contributed by atoms with Gasteiger partial charge in [-0.3, -0.25) is 0 Å². The molecule has 1 aromatic heterocycles. The van der Waals surface area contributed by atoms with Crippen molar-refractivity contribution >= 4 is 10.1 Å². The quantitative estimate of drug-likeness (QED) is 0.654. The van der Waals surface area contributed by atoms with Gasteiger partial charge in [0.25, 0.3) is 0 Å². The van der Waals surface area contributed by atoms with Crippen LogP contribution in [0, 0.1) is 34.6 Å². The highest BCUT2D eigenvalue weighted by Gasteiger charge is 2.25. The lowest BCUT2D eigenvalue weighted by atomic mass is 9.95. The first-order valence-electron chi connectivity index (χ1n) is 8.07. The van der Waals surface area contributed by atoms with E-state index in [0.29, 0.717) is 16.8 Å². The zero-order valence-electron chi connectivity index (χ0n) is 15.3. The summed E-state index contributed by atoms with van der Waals surface area (Å²) in [6, 6.07) is 6.61. The van der Waals surface area contributed by atoms with Crippen LogP contribution in [0.2, 0.25) is 0 Å². The second kappa shape index (κ2) is 6.53. The van der Waals surface area contributed by atoms with Gasteiger partial charge in [0.15, 0.2) is 0 Å². The van der Waals surface area contributed by atoms with Gasteiger partial charge in [-0.15, -0.1) is 5.10 Å². The molecule has 0 atom stereocenters. The summed E-state index contributed by atoms with van der Waals surface area (Å²) in [6.45, 7) is 9.46. The molecule has 0 fully saturated rings. The Kier molecular flexibility index (Phi) is 4.53. The molecule has 7 nitrogen and oxygen atoms in total. The minimum Gasteiger partial charge on any atom is -0.379 e. The number of aromatic nitrogens is 4. The van der Waals surface area contributed by atoms with E-state index >= 15 is 0 Å². The first-order chi connectivity index (χ1) is 12.2. The van der Waals surface area contributed by atoms with E-state index in [0.717, 1.165) is 16.7 Å². The third-order valence-corrected chi connectivity index (χ3v) is 6.34. The van der Waals surface area contributed by atoms with Gasteiger partial charge in [-0.05, 0) is 85.0 Å². The molecule has 0 saturated carbocycles. The average Bonchev–Trinajstić information content (AvgIpc) is 3.12. The number of hydrogen-bond donors (Lipinski definition) is 0. The summed E-state index contributed by atoms with van der Waals surface area (Å²) >= 11 is 0. The van der Waals surface area contributed by atoms with Gasteiger partial charge < -0.3 is 4.18 Å². The van der Waals surface area contributed by atoms with Gasteiger partial charge in [-0.25, -0.2) is 4.68 Å². The van der Waals surface area contributed by atoms with Crippen molar-refractivity contribution in [2.45, 2.75) is 39.5 Å². The molecule has 1 heterocycles. The molecule has 0 N–H and O–H groups in total. The van der Waals surface area contributed by atoms with Crippen molar-refractivity contribution in [3.63, 3.8) is 0 Å². The summed E-state index contributed by atoms with van der Waals surface area (Å²) in [4.78, 5) is 0.228. The molecule has 8 heteroatoms. The summed E-state index contributed by atoms with van der Waals surface area (Å²) in [5.41, 5.74) is 5.03. The van der Waals surface area contributed by atoms with Crippen molar-refractivity contribution in [3.05, 3.63) is 58.4 Å². The van der Waals surface area contributed by atoms with Crippen molar-refractivity contribution in [1.29, 1.82) is 0 Å². The number of rotatable bonds is 4. The Morgan fingerprint density at radius 2 is 1.54 bits per heavy atom. The zero-order chi connectivity index (χ0) is 19.1. The highest BCUT2D eigenvalue weighted by atomic mass is 32.2. The largest absolute Gasteiger partial charge is 0.379 e. The Labute approximate surface area is 152 Å². The van der Waals surface area contributed by atoms with E-state index in [-0.39, 0.29) is 10.6 Å². The van der Waals surface area contributed by atoms with Crippen LogP contribution in [-0.2, 0) is 10.1 Å². The molecule has 0 aliphatic heterocycles. The zero-order valence-corrected chi connectivity index (χ0v) is 16.1. The predicted molar refractivity (Wildman–Crippen MR) is 97.1 cm³/mol. The normalized spacial score (nSPS) is 11.6. The Balaban J connectivity index is 2.05. The van der Waals surface area contributed by atoms with Crippen LogP contribution in [0.3, 0.4) is 0 Å². The standard InChI is InChI=1S/C18H20N4O3S/c1-11-12(2)14(4)18(15(5)13(11)3)26(23,24)25-17-8-6-7-16(9-17)22-10-19-20-21-22/h6-10H,1-5H3. The van der Waals surface area contributed by atoms with E-state index in [4.69, 9.17) is 4.18 Å². The Bertz CT molecular complexity index is 1050. The predicted octanol–water partition coefficient (Wildman–Crippen LogP) is 2.97. The molecular formula is C18H20N4O3S. The van der Waals surface area contributed by atoms with Crippen LogP contribution in [-0.4, -0.2) is 28.6 Å². The molecule has 0 radical (unpaired) electrons. The minimum absolute atomic E-state index is 0.202. The molecule has 0 aliphatic carbocycles. The summed E-state index contributed by atoms with van der Waals surface area (Å²) in [7, 11) is -3.98. The van der Waals surface area contributed by atoms with Crippen LogP contribution < -0.4 is 4.18 Å². The second-order valence-corrected chi connectivity index (χ2v) is 7.73. The Morgan fingerprint density at radius 3 is 2.12 bits per heavy atom. The topological polar surface area (TPSA) is 87.0 Å². The summed E-state index contributed by atoms with van der Waals surface area (Å²) in [5, 5.41) is 10.9. The first-order valence-corrected chi connectivity index (χ1v) is 9.48. The van der Waals surface area contributed by atoms with Gasteiger partial charge in [0.1, 0.15) is 17.0 Å². The lowest BCUT2D eigenvalue weighted by Gasteiger charge is -2.18. The molecule has 3 aromatic rings. The van der Waals surface area contributed by atoms with Gasteiger partial charge in [0.2, 0.25) is 0 Å². The van der Waals surface area contributed by atoms with Crippen LogP contribution in [0.1, 0.15) is 27.8 Å². The highest BCUT2D eigenvalue weighted by molar-refractivity contribution is 7.87. The maximum absolute atomic E-state index is 13.0. The van der Waals surface area contributed by atoms with Gasteiger partial charge in [-0.2, -0.15) is 8.42 Å². The summed E-state index contributed by atoms with van der Waals surface area (Å²) in [5.74, 6) is 0.202. The third kappa shape index (κ3) is 3.08. The maximum Gasteiger partial charge on any atom is 0.339 e. The molecule has 136 valence electrons. The molecular weight excluding hydrogens is 352 g/mol. The first kappa shape index (κ1) is 18.1. The molecule has 0 bridgehead atoms. The van der Waals surface area contributed by atoms with Crippen molar-refractivity contribution in [1.82, 2.24) is 20.2 Å². The van der Waals surface area contributed by atoms with Crippen LogP contribution >= 0.6 is 0 Å². The SMILES string of the molecule is Cc1c(C)c(C)c(S(=O)(=O)Oc2cccc(-n3cnnn3)c2)c(C)c1C. The van der Waals surface area contributed by atoms with Crippen LogP contribution in [0.5, 0.6) is 5.75 Å². The monoisotopic (exact) mass is 372 g/mol. The van der Waals surface area contributed by atoms with Gasteiger partial charge in [0, 0.05) is 6.07 Å². The molecule has 0 amide bonds. The summed E-state index contributed by atoms with van der Waals surface area (Å²) < 4.78 is 32.8. The van der Waals surface area contributed by atoms with Crippen LogP contribution in [0.15, 0.2) is 35.5 Å². The number of tetrazole rings is 1. The summed E-state index contributed by atoms with van der Waals surface area (Å²) in [6.07, 6.45) is 1.43. The number of benzene rings is 2. The van der Waals surface area contributed by atoms with E-state index in [1.54, 1.807) is 24.3 Å². The lowest BCUT2D eigenvalue weighted by Crippen LogP contribution is -2.15. The van der Waals surface area contributed by atoms with Crippen molar-refractivity contribution in [3.8, 4) is 11.4 Å². The molecule has 3 rings (SSSR count). The van der Waals surface area contributed by atoms with E-state index in [2.05, 4.69) is 15.5 Å². The number of hydrogen-bond acceptors (Lipinski definition) is 6. The van der Waals surface area contributed by atoms with Crippen molar-refractivity contribution in [2.75, 3.05) is 0 Å². The van der Waals surface area contributed by atoms with Crippen molar-refractivity contribution in [2.24, 2.45) is 0 Å². The lowest BCUT2D eigenvalue weighted by molar-refractivity contribution is 0.484. The third-order valence-electron chi connectivity index (χ3n) is 4.82. The van der Waals surface area contributed by atoms with E-state index in [9.17, 15) is 8.42 Å². The molecule has 0 spiro atoms. The van der Waals surface area contributed by atoms with Gasteiger partial charge >= 0.3 is 10.1 Å². The Hall–Kier alpha value is -2.74. The van der Waals surface area contributed by atoms with E-state index in [1.807, 2.05) is 34.6 Å². The van der Waals surface area contributed by atoms with Crippen LogP contribution in [0.25, 0.3) is 5.69 Å². The van der Waals surface area contributed by atoms with Crippen LogP contribution in [0.4, 0.5) is 0 Å². The smallest absolute Gasteiger partial charge is 0.339 e. The average molecular weight is 372 g/mol. The molecule has 0 aliphatic rings. The number of nitrogens with zero attached hydrogens (tertiary/aromatic N) is 4. The van der Waals surface area contributed by atoms with E-state index in [1.165, 1.54) is 11.0 Å². The van der Waals surface area contributed by atoms with Gasteiger partial charge in [0.05, 0.1) is 5.69 Å². The molecule has 0 unspecified atom stereocenters. The fraction of sp³-hybridized carbons (Fsp3) is 0.278. The molecule has 0 saturated heterocycles. The fourth-order valence-corrected chi connectivity index (χ4v) is 4.46. The Morgan fingerprint density at radius 1 is 0.923 bits per heavy atom. The van der Waals surface area contributed by atoms with Crippen molar-refractivity contribution < 1.29 is 12.6 Å². The second-order valence-electron chi connectivity index (χ2n) is 6.24. The van der Waals surface area contributed by atoms with Gasteiger partial charge in [-0.1, -0.05) is 6.07 Å². The highest BCUT2D eigenvalue weighted by Crippen LogP contribution is 2.31. The maximum atomic E-state index is 13.0. The van der Waals surface area contributed by atoms with E-state index < -0.39 is 10.1 Å². The minimum atomic E-state index is -3.98. The fourth-order valence-electron chi connectivity index (χ4n) is 2.97. The molecule has 26 heavy (non-hydrogen) atoms. The molecule has 2 aromatic carbocycles.